The van der Waals surface area contributed by atoms with E-state index in [4.69, 9.17) is 16.7 Å². The van der Waals surface area contributed by atoms with Gasteiger partial charge in [0.2, 0.25) is 0 Å². The lowest BCUT2D eigenvalue weighted by molar-refractivity contribution is -0.139. The Morgan fingerprint density at radius 1 is 1.17 bits per heavy atom. The van der Waals surface area contributed by atoms with Crippen molar-refractivity contribution in [1.82, 2.24) is 5.32 Å². The highest BCUT2D eigenvalue weighted by Crippen LogP contribution is 2.34. The van der Waals surface area contributed by atoms with Crippen LogP contribution in [0.15, 0.2) is 42.5 Å². The van der Waals surface area contributed by atoms with Crippen LogP contribution in [0.1, 0.15) is 29.7 Å². The van der Waals surface area contributed by atoms with Crippen LogP contribution in [0.4, 0.5) is 18.9 Å². The fraction of sp³-hybridized carbons (Fsp3) is 0.350. The Morgan fingerprint density at radius 2 is 1.90 bits per heavy atom. The van der Waals surface area contributed by atoms with Crippen molar-refractivity contribution in [3.05, 3.63) is 64.2 Å². The second-order valence-electron chi connectivity index (χ2n) is 6.70. The molecule has 0 aliphatic carbocycles. The minimum absolute atomic E-state index is 0.156. The lowest BCUT2D eigenvalue weighted by Crippen LogP contribution is -2.35. The first-order valence-electron chi connectivity index (χ1n) is 8.89. The van der Waals surface area contributed by atoms with Gasteiger partial charge in [0.1, 0.15) is 0 Å². The smallest absolute Gasteiger partial charge is 0.416 e. The third-order valence-electron chi connectivity index (χ3n) is 4.26. The molecule has 29 heavy (non-hydrogen) atoms. The molecule has 0 radical (unpaired) electrons. The summed E-state index contributed by atoms with van der Waals surface area (Å²) in [4.78, 5) is 10.8. The highest BCUT2D eigenvalue weighted by Gasteiger charge is 2.34. The molecule has 2 aromatic rings. The summed E-state index contributed by atoms with van der Waals surface area (Å²) in [6, 6.07) is 10.2. The van der Waals surface area contributed by atoms with Gasteiger partial charge in [-0.15, -0.1) is 0 Å². The Morgan fingerprint density at radius 3 is 2.52 bits per heavy atom. The first-order chi connectivity index (χ1) is 13.6. The summed E-state index contributed by atoms with van der Waals surface area (Å²) in [6.45, 7) is 2.37. The third kappa shape index (κ3) is 7.23. The molecule has 0 aromatic heterocycles. The monoisotopic (exact) mass is 430 g/mol. The molecule has 0 fully saturated rings. The van der Waals surface area contributed by atoms with E-state index in [1.54, 1.807) is 24.3 Å². The molecule has 0 amide bonds. The fourth-order valence-electron chi connectivity index (χ4n) is 2.76. The van der Waals surface area contributed by atoms with E-state index in [-0.39, 0.29) is 23.8 Å². The number of anilines is 1. The molecule has 158 valence electrons. The molecule has 0 saturated carbocycles. The van der Waals surface area contributed by atoms with E-state index in [2.05, 4.69) is 10.6 Å². The first-order valence-corrected chi connectivity index (χ1v) is 9.26. The van der Waals surface area contributed by atoms with Crippen LogP contribution < -0.4 is 10.6 Å². The number of nitrogens with one attached hydrogen (secondary N) is 2. The number of aliphatic carboxylic acids is 1. The van der Waals surface area contributed by atoms with Crippen LogP contribution in [-0.4, -0.2) is 35.3 Å². The zero-order valence-corrected chi connectivity index (χ0v) is 16.4. The van der Waals surface area contributed by atoms with E-state index in [0.717, 1.165) is 6.07 Å². The summed E-state index contributed by atoms with van der Waals surface area (Å²) in [6.07, 6.45) is -6.12. The summed E-state index contributed by atoms with van der Waals surface area (Å²) < 4.78 is 39.6. The first kappa shape index (κ1) is 23.0. The number of carbonyl (C=O) groups is 1. The van der Waals surface area contributed by atoms with Gasteiger partial charge in [-0.1, -0.05) is 29.8 Å². The number of carboxylic acid groups (broad SMARTS) is 1. The summed E-state index contributed by atoms with van der Waals surface area (Å²) in [5.74, 6) is -1.33. The highest BCUT2D eigenvalue weighted by atomic mass is 35.5. The number of aliphatic hydroxyl groups is 1. The number of rotatable bonds is 9. The van der Waals surface area contributed by atoms with Crippen molar-refractivity contribution in [3.8, 4) is 0 Å². The molecule has 0 aliphatic rings. The maximum absolute atomic E-state index is 13.2. The van der Waals surface area contributed by atoms with E-state index >= 15 is 0 Å². The number of benzene rings is 2. The largest absolute Gasteiger partial charge is 0.481 e. The molecule has 0 spiro atoms. The SMILES string of the molecule is CC(CNc1ccc(CC(=O)O)c(C(F)(F)F)c1)NC[C@H](O)c1cccc(Cl)c1. The standard InChI is InChI=1S/C20H22ClF3N2O3/c1-12(25-11-18(27)14-3-2-4-15(21)7-14)10-26-16-6-5-13(8-19(28)29)17(9-16)20(22,23)24/h2-7,9,12,18,25-27H,8,10-11H2,1H3,(H,28,29)/t12?,18-/m0/s1. The van der Waals surface area contributed by atoms with Gasteiger partial charge < -0.3 is 20.8 Å². The molecule has 0 aliphatic heterocycles. The highest BCUT2D eigenvalue weighted by molar-refractivity contribution is 6.30. The minimum atomic E-state index is -4.65. The number of halogens is 4. The molecule has 2 aromatic carbocycles. The van der Waals surface area contributed by atoms with Crippen molar-refractivity contribution in [3.63, 3.8) is 0 Å². The predicted octanol–water partition coefficient (Wildman–Crippen LogP) is 4.11. The topological polar surface area (TPSA) is 81.6 Å². The summed E-state index contributed by atoms with van der Waals surface area (Å²) in [5.41, 5.74) is -0.363. The Balaban J connectivity index is 1.94. The van der Waals surface area contributed by atoms with Gasteiger partial charge in [-0.2, -0.15) is 13.2 Å². The number of aliphatic hydroxyl groups excluding tert-OH is 1. The Hall–Kier alpha value is -2.29. The number of hydrogen-bond donors (Lipinski definition) is 4. The van der Waals surface area contributed by atoms with Crippen LogP contribution in [0, 0.1) is 0 Å². The molecule has 9 heteroatoms. The molecule has 2 atom stereocenters. The Kier molecular flexibility index (Phi) is 7.89. The molecule has 2 rings (SSSR count). The van der Waals surface area contributed by atoms with Crippen LogP contribution >= 0.6 is 11.6 Å². The molecular weight excluding hydrogens is 409 g/mol. The molecule has 5 nitrogen and oxygen atoms in total. The van der Waals surface area contributed by atoms with Gasteiger partial charge >= 0.3 is 12.1 Å². The zero-order valence-electron chi connectivity index (χ0n) is 15.6. The summed E-state index contributed by atoms with van der Waals surface area (Å²) in [5, 5.41) is 25.5. The van der Waals surface area contributed by atoms with Gasteiger partial charge in [-0.3, -0.25) is 4.79 Å². The summed E-state index contributed by atoms with van der Waals surface area (Å²) in [7, 11) is 0. The fourth-order valence-corrected chi connectivity index (χ4v) is 2.95. The maximum atomic E-state index is 13.2. The van der Waals surface area contributed by atoms with Crippen molar-refractivity contribution in [2.45, 2.75) is 31.7 Å². The van der Waals surface area contributed by atoms with E-state index in [1.807, 2.05) is 6.92 Å². The van der Waals surface area contributed by atoms with Gasteiger partial charge in [0.05, 0.1) is 18.1 Å². The van der Waals surface area contributed by atoms with Crippen LogP contribution in [-0.2, 0) is 17.4 Å². The van der Waals surface area contributed by atoms with Crippen LogP contribution in [0.5, 0.6) is 0 Å². The van der Waals surface area contributed by atoms with Gasteiger partial charge in [0.15, 0.2) is 0 Å². The van der Waals surface area contributed by atoms with E-state index in [1.165, 1.54) is 12.1 Å². The molecule has 4 N–H and O–H groups in total. The van der Waals surface area contributed by atoms with E-state index in [9.17, 15) is 23.1 Å². The quantitative estimate of drug-likeness (QED) is 0.481. The third-order valence-corrected chi connectivity index (χ3v) is 4.50. The number of hydrogen-bond acceptors (Lipinski definition) is 4. The molecule has 0 bridgehead atoms. The zero-order chi connectivity index (χ0) is 21.6. The normalized spacial score (nSPS) is 13.7. The lowest BCUT2D eigenvalue weighted by atomic mass is 10.0. The second-order valence-corrected chi connectivity index (χ2v) is 7.14. The van der Waals surface area contributed by atoms with Crippen molar-refractivity contribution in [2.75, 3.05) is 18.4 Å². The van der Waals surface area contributed by atoms with Crippen molar-refractivity contribution >= 4 is 23.3 Å². The summed E-state index contributed by atoms with van der Waals surface area (Å²) >= 11 is 5.90. The van der Waals surface area contributed by atoms with Crippen LogP contribution in [0.2, 0.25) is 5.02 Å². The van der Waals surface area contributed by atoms with Gasteiger partial charge in [-0.05, 0) is 42.3 Å². The Bertz CT molecular complexity index is 846. The van der Waals surface area contributed by atoms with E-state index in [0.29, 0.717) is 17.1 Å². The average molecular weight is 431 g/mol. The molecular formula is C20H22ClF3N2O3. The number of carboxylic acids is 1. The number of alkyl halides is 3. The molecule has 0 heterocycles. The van der Waals surface area contributed by atoms with Gasteiger partial charge in [0, 0.05) is 29.8 Å². The predicted molar refractivity (Wildman–Crippen MR) is 105 cm³/mol. The van der Waals surface area contributed by atoms with E-state index < -0.39 is 30.2 Å². The van der Waals surface area contributed by atoms with Crippen molar-refractivity contribution < 1.29 is 28.2 Å². The van der Waals surface area contributed by atoms with Crippen molar-refractivity contribution in [1.29, 1.82) is 0 Å². The van der Waals surface area contributed by atoms with Crippen LogP contribution in [0.3, 0.4) is 0 Å². The maximum Gasteiger partial charge on any atom is 0.416 e. The van der Waals surface area contributed by atoms with Gasteiger partial charge in [0.25, 0.3) is 0 Å². The second kappa shape index (κ2) is 9.96. The molecule has 0 saturated heterocycles. The van der Waals surface area contributed by atoms with Crippen molar-refractivity contribution in [2.24, 2.45) is 0 Å². The average Bonchev–Trinajstić information content (AvgIpc) is 2.64. The van der Waals surface area contributed by atoms with Crippen LogP contribution in [0.25, 0.3) is 0 Å². The Labute approximate surface area is 171 Å². The molecule has 1 unspecified atom stereocenters. The lowest BCUT2D eigenvalue weighted by Gasteiger charge is -2.19. The minimum Gasteiger partial charge on any atom is -0.481 e. The van der Waals surface area contributed by atoms with Gasteiger partial charge in [-0.25, -0.2) is 0 Å².